The van der Waals surface area contributed by atoms with Crippen molar-refractivity contribution in [1.29, 1.82) is 0 Å². The molecule has 0 unspecified atom stereocenters. The molecule has 0 aromatic heterocycles. The Kier molecular flexibility index (Phi) is 3.68. The number of para-hydroxylation sites is 1. The second kappa shape index (κ2) is 5.54. The zero-order chi connectivity index (χ0) is 16.6. The molecule has 2 N–H and O–H groups in total. The molecule has 0 saturated carbocycles. The first kappa shape index (κ1) is 15.3. The quantitative estimate of drug-likeness (QED) is 0.847. The smallest absolute Gasteiger partial charge is 0.251 e. The lowest BCUT2D eigenvalue weighted by molar-refractivity contribution is -0.132. The summed E-state index contributed by atoms with van der Waals surface area (Å²) in [4.78, 5) is 25.1. The average Bonchev–Trinajstić information content (AvgIpc) is 2.62. The van der Waals surface area contributed by atoms with Crippen LogP contribution in [0.5, 0.6) is 0 Å². The summed E-state index contributed by atoms with van der Waals surface area (Å²) in [7, 11) is 0. The molecule has 2 aromatic rings. The second-order valence-corrected chi connectivity index (χ2v) is 6.78. The average molecular weight is 308 g/mol. The minimum atomic E-state index is -0.703. The van der Waals surface area contributed by atoms with Gasteiger partial charge in [-0.25, -0.2) is 0 Å². The predicted molar refractivity (Wildman–Crippen MR) is 90.8 cm³/mol. The monoisotopic (exact) mass is 308 g/mol. The molecule has 118 valence electrons. The van der Waals surface area contributed by atoms with Crippen molar-refractivity contribution in [1.82, 2.24) is 5.32 Å². The Morgan fingerprint density at radius 1 is 1.00 bits per heavy atom. The van der Waals surface area contributed by atoms with E-state index in [0.29, 0.717) is 0 Å². The van der Waals surface area contributed by atoms with Gasteiger partial charge in [0.05, 0.1) is 0 Å². The van der Waals surface area contributed by atoms with E-state index in [1.807, 2.05) is 69.3 Å². The number of anilines is 1. The van der Waals surface area contributed by atoms with E-state index in [1.165, 1.54) is 0 Å². The SMILES string of the molecule is CC(C)(C)C(=O)N[C@H]1C(=O)Nc2ccccc2-c2ccccc21. The summed E-state index contributed by atoms with van der Waals surface area (Å²) in [5.41, 5.74) is 2.93. The maximum absolute atomic E-state index is 12.7. The maximum Gasteiger partial charge on any atom is 0.251 e. The van der Waals surface area contributed by atoms with Crippen LogP contribution in [-0.4, -0.2) is 11.8 Å². The Labute approximate surface area is 135 Å². The highest BCUT2D eigenvalue weighted by Gasteiger charge is 2.32. The van der Waals surface area contributed by atoms with Crippen LogP contribution in [0.4, 0.5) is 5.69 Å². The molecule has 1 aliphatic heterocycles. The Morgan fingerprint density at radius 2 is 1.61 bits per heavy atom. The van der Waals surface area contributed by atoms with E-state index in [1.54, 1.807) is 0 Å². The molecule has 1 aliphatic rings. The summed E-state index contributed by atoms with van der Waals surface area (Å²) >= 11 is 0. The molecule has 0 fully saturated rings. The van der Waals surface area contributed by atoms with Crippen molar-refractivity contribution in [2.24, 2.45) is 5.41 Å². The summed E-state index contributed by atoms with van der Waals surface area (Å²) in [5, 5.41) is 5.81. The van der Waals surface area contributed by atoms with E-state index in [2.05, 4.69) is 10.6 Å². The van der Waals surface area contributed by atoms with Gasteiger partial charge in [0.15, 0.2) is 0 Å². The molecule has 0 spiro atoms. The number of fused-ring (bicyclic) bond motifs is 3. The summed E-state index contributed by atoms with van der Waals surface area (Å²) in [6.07, 6.45) is 0. The molecule has 4 nitrogen and oxygen atoms in total. The molecular weight excluding hydrogens is 288 g/mol. The van der Waals surface area contributed by atoms with Gasteiger partial charge in [0, 0.05) is 16.7 Å². The Morgan fingerprint density at radius 3 is 2.30 bits per heavy atom. The molecule has 0 radical (unpaired) electrons. The van der Waals surface area contributed by atoms with Crippen LogP contribution in [0.25, 0.3) is 11.1 Å². The van der Waals surface area contributed by atoms with E-state index in [9.17, 15) is 9.59 Å². The van der Waals surface area contributed by atoms with Crippen LogP contribution in [0.1, 0.15) is 32.4 Å². The molecule has 0 saturated heterocycles. The normalized spacial score (nSPS) is 16.7. The highest BCUT2D eigenvalue weighted by atomic mass is 16.2. The topological polar surface area (TPSA) is 58.2 Å². The molecule has 4 heteroatoms. The molecule has 0 aliphatic carbocycles. The van der Waals surface area contributed by atoms with E-state index in [-0.39, 0.29) is 11.8 Å². The van der Waals surface area contributed by atoms with Crippen molar-refractivity contribution < 1.29 is 9.59 Å². The molecule has 2 amide bonds. The van der Waals surface area contributed by atoms with Crippen molar-refractivity contribution in [3.8, 4) is 11.1 Å². The van der Waals surface area contributed by atoms with Crippen molar-refractivity contribution in [3.05, 3.63) is 54.1 Å². The Balaban J connectivity index is 2.10. The minimum Gasteiger partial charge on any atom is -0.340 e. The predicted octanol–water partition coefficient (Wildman–Crippen LogP) is 3.51. The van der Waals surface area contributed by atoms with Gasteiger partial charge in [-0.05, 0) is 17.2 Å². The molecule has 0 bridgehead atoms. The fourth-order valence-electron chi connectivity index (χ4n) is 2.66. The second-order valence-electron chi connectivity index (χ2n) is 6.78. The van der Waals surface area contributed by atoms with Gasteiger partial charge in [-0.15, -0.1) is 0 Å². The summed E-state index contributed by atoms with van der Waals surface area (Å²) in [6, 6.07) is 14.7. The van der Waals surface area contributed by atoms with Crippen molar-refractivity contribution in [3.63, 3.8) is 0 Å². The third kappa shape index (κ3) is 2.84. The van der Waals surface area contributed by atoms with Gasteiger partial charge in [0.2, 0.25) is 5.91 Å². The van der Waals surface area contributed by atoms with Crippen LogP contribution in [0, 0.1) is 5.41 Å². The lowest BCUT2D eigenvalue weighted by atomic mass is 9.92. The number of benzene rings is 2. The van der Waals surface area contributed by atoms with Gasteiger partial charge in [-0.3, -0.25) is 9.59 Å². The number of carbonyl (C=O) groups excluding carboxylic acids is 2. The van der Waals surface area contributed by atoms with Gasteiger partial charge in [-0.1, -0.05) is 63.2 Å². The number of carbonyl (C=O) groups is 2. The zero-order valence-electron chi connectivity index (χ0n) is 13.5. The minimum absolute atomic E-state index is 0.154. The van der Waals surface area contributed by atoms with Gasteiger partial charge < -0.3 is 10.6 Å². The van der Waals surface area contributed by atoms with Crippen LogP contribution in [0.3, 0.4) is 0 Å². The van der Waals surface area contributed by atoms with Gasteiger partial charge >= 0.3 is 0 Å². The first-order valence-corrected chi connectivity index (χ1v) is 7.68. The molecule has 2 aromatic carbocycles. The molecule has 1 atom stereocenters. The number of rotatable bonds is 1. The van der Waals surface area contributed by atoms with Crippen LogP contribution < -0.4 is 10.6 Å². The molecule has 1 heterocycles. The van der Waals surface area contributed by atoms with Crippen LogP contribution in [0.2, 0.25) is 0 Å². The van der Waals surface area contributed by atoms with Gasteiger partial charge in [0.25, 0.3) is 5.91 Å². The van der Waals surface area contributed by atoms with E-state index < -0.39 is 11.5 Å². The highest BCUT2D eigenvalue weighted by molar-refractivity contribution is 6.04. The molecular formula is C19H20N2O2. The number of hydrogen-bond donors (Lipinski definition) is 2. The molecule has 3 rings (SSSR count). The fourth-order valence-corrected chi connectivity index (χ4v) is 2.66. The summed E-state index contributed by atoms with van der Waals surface area (Å²) in [6.45, 7) is 5.49. The lowest BCUT2D eigenvalue weighted by Crippen LogP contribution is -2.42. The van der Waals surface area contributed by atoms with Gasteiger partial charge in [0.1, 0.15) is 6.04 Å². The van der Waals surface area contributed by atoms with E-state index >= 15 is 0 Å². The number of hydrogen-bond acceptors (Lipinski definition) is 2. The standard InChI is InChI=1S/C19H20N2O2/c1-19(2,3)18(23)21-16-14-10-5-4-8-12(14)13-9-6-7-11-15(13)20-17(16)22/h4-11,16H,1-3H3,(H,20,22)(H,21,23)/t16-/m1/s1. The first-order chi connectivity index (χ1) is 10.9. The van der Waals surface area contributed by atoms with Crippen LogP contribution >= 0.6 is 0 Å². The largest absolute Gasteiger partial charge is 0.340 e. The fraction of sp³-hybridized carbons (Fsp3) is 0.263. The van der Waals surface area contributed by atoms with E-state index in [4.69, 9.17) is 0 Å². The van der Waals surface area contributed by atoms with Crippen molar-refractivity contribution in [2.75, 3.05) is 5.32 Å². The maximum atomic E-state index is 12.7. The Hall–Kier alpha value is -2.62. The summed E-state index contributed by atoms with van der Waals surface area (Å²) < 4.78 is 0. The van der Waals surface area contributed by atoms with Gasteiger partial charge in [-0.2, -0.15) is 0 Å². The zero-order valence-corrected chi connectivity index (χ0v) is 13.5. The van der Waals surface area contributed by atoms with E-state index in [0.717, 1.165) is 22.4 Å². The molecule has 23 heavy (non-hydrogen) atoms. The third-order valence-corrected chi connectivity index (χ3v) is 3.97. The number of amides is 2. The lowest BCUT2D eigenvalue weighted by Gasteiger charge is -2.23. The third-order valence-electron chi connectivity index (χ3n) is 3.97. The summed E-state index contributed by atoms with van der Waals surface area (Å²) in [5.74, 6) is -0.376. The van der Waals surface area contributed by atoms with Crippen LogP contribution in [-0.2, 0) is 9.59 Å². The number of nitrogens with one attached hydrogen (secondary N) is 2. The first-order valence-electron chi connectivity index (χ1n) is 7.68. The van der Waals surface area contributed by atoms with Crippen LogP contribution in [0.15, 0.2) is 48.5 Å². The van der Waals surface area contributed by atoms with Crippen molar-refractivity contribution >= 4 is 17.5 Å². The highest BCUT2D eigenvalue weighted by Crippen LogP contribution is 2.37. The van der Waals surface area contributed by atoms with Crippen molar-refractivity contribution in [2.45, 2.75) is 26.8 Å². The Bertz CT molecular complexity index is 775.